The highest BCUT2D eigenvalue weighted by Gasteiger charge is 2.15. The van der Waals surface area contributed by atoms with Crippen LogP contribution in [0.2, 0.25) is 0 Å². The Bertz CT molecular complexity index is 161. The summed E-state index contributed by atoms with van der Waals surface area (Å²) in [6.07, 6.45) is 2.16. The monoisotopic (exact) mass is 155 g/mol. The topological polar surface area (TPSA) is 21.7 Å². The highest BCUT2D eigenvalue weighted by Crippen LogP contribution is 2.11. The Labute approximate surface area is 66.6 Å². The molecule has 2 rings (SSSR count). The minimum absolute atomic E-state index is 0.784. The van der Waals surface area contributed by atoms with Crippen molar-refractivity contribution in [3.63, 3.8) is 0 Å². The van der Waals surface area contributed by atoms with E-state index in [1.165, 1.54) is 5.70 Å². The third-order valence-electron chi connectivity index (χ3n) is 2.10. The molecule has 0 aliphatic carbocycles. The Morgan fingerprint density at radius 3 is 2.64 bits per heavy atom. The Morgan fingerprint density at radius 1 is 1.18 bits per heavy atom. The van der Waals surface area contributed by atoms with Crippen LogP contribution in [0.25, 0.3) is 0 Å². The molecule has 0 radical (unpaired) electrons. The Morgan fingerprint density at radius 2 is 2.00 bits per heavy atom. The van der Waals surface area contributed by atoms with Crippen LogP contribution < -0.4 is 0 Å². The zero-order valence-corrected chi connectivity index (χ0v) is 6.58. The van der Waals surface area contributed by atoms with Crippen LogP contribution >= 0.6 is 0 Å². The van der Waals surface area contributed by atoms with Gasteiger partial charge < -0.3 is 14.4 Å². The lowest BCUT2D eigenvalue weighted by Gasteiger charge is -2.29. The maximum atomic E-state index is 5.25. The molecule has 2 heterocycles. The average molecular weight is 155 g/mol. The van der Waals surface area contributed by atoms with E-state index in [9.17, 15) is 0 Å². The molecule has 2 aliphatic heterocycles. The first-order valence-electron chi connectivity index (χ1n) is 4.06. The third kappa shape index (κ3) is 1.54. The van der Waals surface area contributed by atoms with Gasteiger partial charge in [0.2, 0.25) is 0 Å². The molecule has 1 saturated heterocycles. The Balaban J connectivity index is 1.92. The SMILES string of the molecule is C1=C(N2CCOCC2)COC1. The standard InChI is InChI=1S/C8H13NO2/c1-4-11-7-8(1)9-2-5-10-6-3-9/h1H,2-7H2. The van der Waals surface area contributed by atoms with Gasteiger partial charge in [0.1, 0.15) is 0 Å². The fraction of sp³-hybridized carbons (Fsp3) is 0.750. The van der Waals surface area contributed by atoms with Gasteiger partial charge in [-0.25, -0.2) is 0 Å². The molecule has 0 spiro atoms. The molecule has 0 unspecified atom stereocenters. The van der Waals surface area contributed by atoms with Gasteiger partial charge in [0.15, 0.2) is 0 Å². The van der Waals surface area contributed by atoms with Gasteiger partial charge in [-0.05, 0) is 6.08 Å². The summed E-state index contributed by atoms with van der Waals surface area (Å²) in [5.41, 5.74) is 1.34. The van der Waals surface area contributed by atoms with Gasteiger partial charge in [-0.3, -0.25) is 0 Å². The van der Waals surface area contributed by atoms with E-state index in [1.54, 1.807) is 0 Å². The van der Waals surface area contributed by atoms with Crippen LogP contribution in [0.4, 0.5) is 0 Å². The number of nitrogens with zero attached hydrogens (tertiary/aromatic N) is 1. The zero-order chi connectivity index (χ0) is 7.52. The van der Waals surface area contributed by atoms with E-state index in [1.807, 2.05) is 0 Å². The van der Waals surface area contributed by atoms with Gasteiger partial charge in [-0.15, -0.1) is 0 Å². The van der Waals surface area contributed by atoms with Gasteiger partial charge in [0, 0.05) is 18.8 Å². The highest BCUT2D eigenvalue weighted by atomic mass is 16.5. The van der Waals surface area contributed by atoms with Crippen LogP contribution in [0.5, 0.6) is 0 Å². The zero-order valence-electron chi connectivity index (χ0n) is 6.58. The van der Waals surface area contributed by atoms with Crippen molar-refractivity contribution in [2.45, 2.75) is 0 Å². The molecule has 3 heteroatoms. The van der Waals surface area contributed by atoms with Crippen molar-refractivity contribution in [1.82, 2.24) is 4.90 Å². The lowest BCUT2D eigenvalue weighted by molar-refractivity contribution is 0.0484. The first kappa shape index (κ1) is 7.13. The minimum atomic E-state index is 0.784. The van der Waals surface area contributed by atoms with Crippen molar-refractivity contribution in [3.05, 3.63) is 11.8 Å². The van der Waals surface area contributed by atoms with E-state index in [0.717, 1.165) is 39.5 Å². The van der Waals surface area contributed by atoms with Crippen LogP contribution in [0.1, 0.15) is 0 Å². The lowest BCUT2D eigenvalue weighted by Crippen LogP contribution is -2.36. The first-order chi connectivity index (χ1) is 5.47. The Kier molecular flexibility index (Phi) is 2.10. The van der Waals surface area contributed by atoms with Crippen LogP contribution in [0, 0.1) is 0 Å². The van der Waals surface area contributed by atoms with Gasteiger partial charge in [-0.1, -0.05) is 0 Å². The molecule has 2 aliphatic rings. The predicted molar refractivity (Wildman–Crippen MR) is 41.3 cm³/mol. The molecule has 62 valence electrons. The number of hydrogen-bond acceptors (Lipinski definition) is 3. The molecule has 1 fully saturated rings. The molecule has 11 heavy (non-hydrogen) atoms. The molecular formula is C8H13NO2. The van der Waals surface area contributed by atoms with E-state index in [0.29, 0.717) is 0 Å². The van der Waals surface area contributed by atoms with Crippen molar-refractivity contribution < 1.29 is 9.47 Å². The summed E-state index contributed by atoms with van der Waals surface area (Å²) in [7, 11) is 0. The minimum Gasteiger partial charge on any atom is -0.378 e. The fourth-order valence-electron chi connectivity index (χ4n) is 1.45. The second-order valence-electron chi connectivity index (χ2n) is 2.81. The summed E-state index contributed by atoms with van der Waals surface area (Å²) < 4.78 is 10.5. The summed E-state index contributed by atoms with van der Waals surface area (Å²) in [6, 6.07) is 0. The normalized spacial score (nSPS) is 25.5. The van der Waals surface area contributed by atoms with E-state index in [-0.39, 0.29) is 0 Å². The predicted octanol–water partition coefficient (Wildman–Crippen LogP) is 0.233. The van der Waals surface area contributed by atoms with Crippen molar-refractivity contribution in [2.75, 3.05) is 39.5 Å². The quantitative estimate of drug-likeness (QED) is 0.541. The number of hydrogen-bond donors (Lipinski definition) is 0. The second kappa shape index (κ2) is 3.24. The molecule has 0 aromatic carbocycles. The summed E-state index contributed by atoms with van der Waals surface area (Å²) in [5, 5.41) is 0. The van der Waals surface area contributed by atoms with Gasteiger partial charge in [0.05, 0.1) is 26.4 Å². The summed E-state index contributed by atoms with van der Waals surface area (Å²) >= 11 is 0. The summed E-state index contributed by atoms with van der Waals surface area (Å²) in [5.74, 6) is 0. The molecule has 0 saturated carbocycles. The smallest absolute Gasteiger partial charge is 0.0866 e. The lowest BCUT2D eigenvalue weighted by atomic mass is 10.3. The molecule has 0 amide bonds. The molecule has 0 aromatic heterocycles. The molecular weight excluding hydrogens is 142 g/mol. The van der Waals surface area contributed by atoms with Crippen molar-refractivity contribution in [2.24, 2.45) is 0 Å². The van der Waals surface area contributed by atoms with Gasteiger partial charge in [0.25, 0.3) is 0 Å². The van der Waals surface area contributed by atoms with Gasteiger partial charge in [-0.2, -0.15) is 0 Å². The van der Waals surface area contributed by atoms with Crippen LogP contribution in [-0.2, 0) is 9.47 Å². The van der Waals surface area contributed by atoms with E-state index >= 15 is 0 Å². The van der Waals surface area contributed by atoms with Crippen molar-refractivity contribution >= 4 is 0 Å². The molecule has 0 atom stereocenters. The molecule has 3 nitrogen and oxygen atoms in total. The van der Waals surface area contributed by atoms with Crippen LogP contribution in [-0.4, -0.2) is 44.4 Å². The van der Waals surface area contributed by atoms with E-state index < -0.39 is 0 Å². The second-order valence-corrected chi connectivity index (χ2v) is 2.81. The summed E-state index contributed by atoms with van der Waals surface area (Å²) in [6.45, 7) is 5.34. The van der Waals surface area contributed by atoms with Crippen molar-refractivity contribution in [1.29, 1.82) is 0 Å². The largest absolute Gasteiger partial charge is 0.378 e. The first-order valence-corrected chi connectivity index (χ1v) is 4.06. The maximum absolute atomic E-state index is 5.25. The van der Waals surface area contributed by atoms with E-state index in [4.69, 9.17) is 9.47 Å². The fourth-order valence-corrected chi connectivity index (χ4v) is 1.45. The third-order valence-corrected chi connectivity index (χ3v) is 2.10. The highest BCUT2D eigenvalue weighted by molar-refractivity contribution is 5.06. The summed E-state index contributed by atoms with van der Waals surface area (Å²) in [4.78, 5) is 2.34. The Hall–Kier alpha value is -0.540. The molecule has 0 N–H and O–H groups in total. The average Bonchev–Trinajstić information content (AvgIpc) is 2.58. The number of rotatable bonds is 1. The van der Waals surface area contributed by atoms with Crippen LogP contribution in [0.15, 0.2) is 11.8 Å². The van der Waals surface area contributed by atoms with E-state index in [2.05, 4.69) is 11.0 Å². The molecule has 0 bridgehead atoms. The molecule has 0 aromatic rings. The van der Waals surface area contributed by atoms with Gasteiger partial charge >= 0.3 is 0 Å². The number of ether oxygens (including phenoxy) is 2. The van der Waals surface area contributed by atoms with Crippen LogP contribution in [0.3, 0.4) is 0 Å². The number of morpholine rings is 1. The van der Waals surface area contributed by atoms with Crippen molar-refractivity contribution in [3.8, 4) is 0 Å². The maximum Gasteiger partial charge on any atom is 0.0866 e.